The number of para-hydroxylation sites is 1. The van der Waals surface area contributed by atoms with E-state index in [4.69, 9.17) is 16.3 Å². The van der Waals surface area contributed by atoms with Crippen LogP contribution in [0.25, 0.3) is 0 Å². The van der Waals surface area contributed by atoms with Gasteiger partial charge in [0.05, 0.1) is 12.8 Å². The van der Waals surface area contributed by atoms with E-state index in [1.54, 1.807) is 19.2 Å². The van der Waals surface area contributed by atoms with Crippen LogP contribution >= 0.6 is 11.6 Å². The lowest BCUT2D eigenvalue weighted by molar-refractivity contribution is -0.132. The second kappa shape index (κ2) is 7.00. The maximum atomic E-state index is 12.9. The highest BCUT2D eigenvalue weighted by molar-refractivity contribution is 6.31. The summed E-state index contributed by atoms with van der Waals surface area (Å²) in [5, 5.41) is 3.41. The molecule has 0 aliphatic heterocycles. The Morgan fingerprint density at radius 1 is 1.19 bits per heavy atom. The van der Waals surface area contributed by atoms with Gasteiger partial charge in [-0.1, -0.05) is 29.8 Å². The van der Waals surface area contributed by atoms with E-state index in [9.17, 15) is 9.59 Å². The third kappa shape index (κ3) is 3.27. The van der Waals surface area contributed by atoms with Crippen molar-refractivity contribution in [2.24, 2.45) is 5.41 Å². The van der Waals surface area contributed by atoms with Crippen molar-refractivity contribution in [3.05, 3.63) is 53.1 Å². The molecule has 26 heavy (non-hydrogen) atoms. The highest BCUT2D eigenvalue weighted by Gasteiger charge is 2.57. The topological polar surface area (TPSA) is 58.6 Å². The maximum Gasteiger partial charge on any atom is 0.242 e. The fraction of sp³-hybridized carbons (Fsp3) is 0.300. The molecular weight excluding hydrogens is 352 g/mol. The molecule has 1 N–H and O–H groups in total. The van der Waals surface area contributed by atoms with Crippen molar-refractivity contribution in [2.75, 3.05) is 24.4 Å². The Morgan fingerprint density at radius 3 is 2.42 bits per heavy atom. The van der Waals surface area contributed by atoms with Crippen molar-refractivity contribution in [2.45, 2.75) is 19.8 Å². The zero-order chi connectivity index (χ0) is 18.9. The number of rotatable bonds is 5. The van der Waals surface area contributed by atoms with Gasteiger partial charge in [0.15, 0.2) is 0 Å². The molecule has 1 aliphatic carbocycles. The Morgan fingerprint density at radius 2 is 1.85 bits per heavy atom. The molecule has 2 aromatic carbocycles. The summed E-state index contributed by atoms with van der Waals surface area (Å²) in [5.74, 6) is -0.0511. The Kier molecular flexibility index (Phi) is 4.92. The first-order chi connectivity index (χ1) is 12.4. The Labute approximate surface area is 157 Å². The van der Waals surface area contributed by atoms with Crippen LogP contribution in [-0.2, 0) is 9.59 Å². The van der Waals surface area contributed by atoms with Crippen LogP contribution in [0.15, 0.2) is 42.5 Å². The molecule has 1 aliphatic rings. The van der Waals surface area contributed by atoms with E-state index in [1.165, 1.54) is 12.0 Å². The quantitative estimate of drug-likeness (QED) is 0.806. The number of nitrogens with one attached hydrogen (secondary N) is 1. The zero-order valence-corrected chi connectivity index (χ0v) is 15.8. The fourth-order valence-corrected chi connectivity index (χ4v) is 3.08. The molecule has 0 unspecified atom stereocenters. The molecule has 0 radical (unpaired) electrons. The summed E-state index contributed by atoms with van der Waals surface area (Å²) in [6.45, 7) is 1.85. The predicted octanol–water partition coefficient (Wildman–Crippen LogP) is 4.04. The third-order valence-corrected chi connectivity index (χ3v) is 5.18. The summed E-state index contributed by atoms with van der Waals surface area (Å²) < 4.78 is 5.30. The molecule has 5 nitrogen and oxygen atoms in total. The number of methoxy groups -OCH3 is 1. The molecule has 6 heteroatoms. The lowest BCUT2D eigenvalue weighted by Gasteiger charge is -2.23. The van der Waals surface area contributed by atoms with Crippen molar-refractivity contribution in [3.63, 3.8) is 0 Å². The van der Waals surface area contributed by atoms with Gasteiger partial charge >= 0.3 is 0 Å². The molecule has 2 aromatic rings. The second-order valence-electron chi connectivity index (χ2n) is 6.54. The highest BCUT2D eigenvalue weighted by atomic mass is 35.5. The summed E-state index contributed by atoms with van der Waals surface area (Å²) >= 11 is 6.11. The number of amides is 2. The number of carbonyl (C=O) groups excluding carboxylic acids is 2. The van der Waals surface area contributed by atoms with Crippen LogP contribution < -0.4 is 15.0 Å². The predicted molar refractivity (Wildman–Crippen MR) is 103 cm³/mol. The number of hydrogen-bond acceptors (Lipinski definition) is 3. The van der Waals surface area contributed by atoms with Crippen LogP contribution in [0.3, 0.4) is 0 Å². The number of anilines is 2. The summed E-state index contributed by atoms with van der Waals surface area (Å²) in [6, 6.07) is 12.7. The van der Waals surface area contributed by atoms with Crippen LogP contribution in [0, 0.1) is 12.3 Å². The number of carbonyl (C=O) groups is 2. The molecule has 0 heterocycles. The standard InChI is InChI=1S/C20H21ClN2O3/c1-13-11-16(17(26-3)12-15(13)21)22-18(24)20(9-10-20)19(25)23(2)14-7-5-4-6-8-14/h4-8,11-12H,9-10H2,1-3H3,(H,22,24). The molecule has 136 valence electrons. The van der Waals surface area contributed by atoms with E-state index < -0.39 is 5.41 Å². The molecule has 0 bridgehead atoms. The van der Waals surface area contributed by atoms with Crippen LogP contribution in [0.4, 0.5) is 11.4 Å². The van der Waals surface area contributed by atoms with Gasteiger partial charge < -0.3 is 15.0 Å². The first kappa shape index (κ1) is 18.3. The lowest BCUT2D eigenvalue weighted by atomic mass is 10.0. The number of aryl methyl sites for hydroxylation is 1. The molecule has 0 aromatic heterocycles. The smallest absolute Gasteiger partial charge is 0.242 e. The number of benzene rings is 2. The number of ether oxygens (including phenoxy) is 1. The van der Waals surface area contributed by atoms with Crippen molar-refractivity contribution in [1.82, 2.24) is 0 Å². The van der Waals surface area contributed by atoms with Gasteiger partial charge in [0.2, 0.25) is 11.8 Å². The summed E-state index contributed by atoms with van der Waals surface area (Å²) in [4.78, 5) is 27.4. The van der Waals surface area contributed by atoms with Crippen LogP contribution in [0.2, 0.25) is 5.02 Å². The average Bonchev–Trinajstić information content (AvgIpc) is 3.46. The second-order valence-corrected chi connectivity index (χ2v) is 6.94. The fourth-order valence-electron chi connectivity index (χ4n) is 2.92. The normalized spacial score (nSPS) is 14.5. The number of halogens is 1. The first-order valence-electron chi connectivity index (χ1n) is 8.38. The van der Waals surface area contributed by atoms with E-state index >= 15 is 0 Å². The van der Waals surface area contributed by atoms with Gasteiger partial charge in [-0.05, 0) is 43.5 Å². The Hall–Kier alpha value is -2.53. The van der Waals surface area contributed by atoms with Gasteiger partial charge in [-0.2, -0.15) is 0 Å². The SMILES string of the molecule is COc1cc(Cl)c(C)cc1NC(=O)C1(C(=O)N(C)c2ccccc2)CC1. The number of nitrogens with zero attached hydrogens (tertiary/aromatic N) is 1. The van der Waals surface area contributed by atoms with Gasteiger partial charge in [0.25, 0.3) is 0 Å². The van der Waals surface area contributed by atoms with Crippen LogP contribution in [0.5, 0.6) is 5.75 Å². The summed E-state index contributed by atoms with van der Waals surface area (Å²) in [6.07, 6.45) is 1.06. The van der Waals surface area contributed by atoms with Crippen molar-refractivity contribution in [3.8, 4) is 5.75 Å². The van der Waals surface area contributed by atoms with Crippen molar-refractivity contribution >= 4 is 34.8 Å². The molecular formula is C20H21ClN2O3. The van der Waals surface area contributed by atoms with E-state index in [2.05, 4.69) is 5.32 Å². The minimum Gasteiger partial charge on any atom is -0.495 e. The van der Waals surface area contributed by atoms with Gasteiger partial charge in [0.1, 0.15) is 11.2 Å². The molecule has 1 fully saturated rings. The van der Waals surface area contributed by atoms with E-state index in [1.807, 2.05) is 37.3 Å². The van der Waals surface area contributed by atoms with Crippen LogP contribution in [0.1, 0.15) is 18.4 Å². The van der Waals surface area contributed by atoms with Crippen molar-refractivity contribution in [1.29, 1.82) is 0 Å². The van der Waals surface area contributed by atoms with Gasteiger partial charge in [-0.15, -0.1) is 0 Å². The van der Waals surface area contributed by atoms with Crippen LogP contribution in [-0.4, -0.2) is 26.0 Å². The Balaban J connectivity index is 1.82. The largest absolute Gasteiger partial charge is 0.495 e. The van der Waals surface area contributed by atoms with E-state index in [0.717, 1.165) is 11.3 Å². The van der Waals surface area contributed by atoms with Gasteiger partial charge in [0, 0.05) is 23.8 Å². The molecule has 1 saturated carbocycles. The van der Waals surface area contributed by atoms with Gasteiger partial charge in [-0.25, -0.2) is 0 Å². The monoisotopic (exact) mass is 372 g/mol. The highest BCUT2D eigenvalue weighted by Crippen LogP contribution is 2.49. The minimum absolute atomic E-state index is 0.203. The average molecular weight is 373 g/mol. The molecule has 3 rings (SSSR count). The first-order valence-corrected chi connectivity index (χ1v) is 8.75. The zero-order valence-electron chi connectivity index (χ0n) is 15.0. The van der Waals surface area contributed by atoms with E-state index in [-0.39, 0.29) is 11.8 Å². The molecule has 0 saturated heterocycles. The van der Waals surface area contributed by atoms with Gasteiger partial charge in [-0.3, -0.25) is 9.59 Å². The Bertz CT molecular complexity index is 848. The molecule has 0 spiro atoms. The summed E-state index contributed by atoms with van der Waals surface area (Å²) in [5.41, 5.74) is 1.07. The van der Waals surface area contributed by atoms with E-state index in [0.29, 0.717) is 29.3 Å². The summed E-state index contributed by atoms with van der Waals surface area (Å²) in [7, 11) is 3.20. The molecule has 2 amide bonds. The lowest BCUT2D eigenvalue weighted by Crippen LogP contribution is -2.41. The minimum atomic E-state index is -1.02. The third-order valence-electron chi connectivity index (χ3n) is 4.77. The molecule has 0 atom stereocenters. The maximum absolute atomic E-state index is 12.9. The van der Waals surface area contributed by atoms with Crippen molar-refractivity contribution < 1.29 is 14.3 Å². The number of hydrogen-bond donors (Lipinski definition) is 1.